The number of fused-ring (bicyclic) bond motifs is 2. The lowest BCUT2D eigenvalue weighted by Gasteiger charge is -2.08. The molecule has 0 amide bonds. The van der Waals surface area contributed by atoms with Gasteiger partial charge in [-0.25, -0.2) is 0 Å². The summed E-state index contributed by atoms with van der Waals surface area (Å²) in [7, 11) is 0. The average Bonchev–Trinajstić information content (AvgIpc) is 2.47. The fraction of sp³-hybridized carbons (Fsp3) is 0.158. The first-order valence-corrected chi connectivity index (χ1v) is 6.78. The highest BCUT2D eigenvalue weighted by molar-refractivity contribution is 6.00. The lowest BCUT2D eigenvalue weighted by Crippen LogP contribution is -2.13. The molecule has 19 heavy (non-hydrogen) atoms. The second-order valence-corrected chi connectivity index (χ2v) is 4.50. The smallest absolute Gasteiger partial charge is 0.00758 e. The Labute approximate surface area is 114 Å². The summed E-state index contributed by atoms with van der Waals surface area (Å²) in [5, 5.41) is 7.09. The van der Waals surface area contributed by atoms with Crippen LogP contribution < -0.4 is 10.4 Å². The van der Waals surface area contributed by atoms with Crippen LogP contribution in [-0.2, 0) is 0 Å². The molecule has 0 radical (unpaired) electrons. The third-order valence-electron chi connectivity index (χ3n) is 3.48. The standard InChI is InChI=1S/C17H14.C2H6/c1-11-7-6-10-16-12(2)14-8-4-5-9-15(14)13(3)17(11)16;1-2/h4-10H,2-3H2,1H3;1-2H3. The van der Waals surface area contributed by atoms with E-state index in [1.807, 2.05) is 13.8 Å². The van der Waals surface area contributed by atoms with Gasteiger partial charge in [0, 0.05) is 0 Å². The molecule has 0 saturated carbocycles. The van der Waals surface area contributed by atoms with Crippen LogP contribution in [0.25, 0.3) is 34.7 Å². The molecule has 0 saturated heterocycles. The number of hydrogen-bond donors (Lipinski definition) is 0. The SMILES string of the molecule is C=c1c2ccccc2c(=C)c2c(C)cccc12.CC. The van der Waals surface area contributed by atoms with Gasteiger partial charge in [-0.05, 0) is 44.5 Å². The zero-order valence-corrected chi connectivity index (χ0v) is 12.0. The van der Waals surface area contributed by atoms with Gasteiger partial charge in [-0.3, -0.25) is 0 Å². The molecule has 3 aromatic rings. The summed E-state index contributed by atoms with van der Waals surface area (Å²) in [6, 6.07) is 14.7. The second kappa shape index (κ2) is 5.27. The van der Waals surface area contributed by atoms with E-state index in [-0.39, 0.29) is 0 Å². The summed E-state index contributed by atoms with van der Waals surface area (Å²) in [5.41, 5.74) is 1.27. The Balaban J connectivity index is 0.000000637. The summed E-state index contributed by atoms with van der Waals surface area (Å²) in [5.74, 6) is 0. The monoisotopic (exact) mass is 248 g/mol. The van der Waals surface area contributed by atoms with E-state index in [0.717, 1.165) is 10.4 Å². The second-order valence-electron chi connectivity index (χ2n) is 4.50. The Morgan fingerprint density at radius 3 is 1.84 bits per heavy atom. The summed E-state index contributed by atoms with van der Waals surface area (Å²) < 4.78 is 0. The lowest BCUT2D eigenvalue weighted by molar-refractivity contribution is 1.50. The molecule has 0 heteroatoms. The van der Waals surface area contributed by atoms with Crippen molar-refractivity contribution >= 4 is 34.7 Å². The number of rotatable bonds is 0. The predicted octanol–water partition coefficient (Wildman–Crippen LogP) is 4.15. The fourth-order valence-corrected chi connectivity index (χ4v) is 2.61. The van der Waals surface area contributed by atoms with Gasteiger partial charge in [0.15, 0.2) is 0 Å². The van der Waals surface area contributed by atoms with Gasteiger partial charge in [0.2, 0.25) is 0 Å². The molecule has 3 aromatic carbocycles. The Hall–Kier alpha value is -2.08. The van der Waals surface area contributed by atoms with E-state index in [0.29, 0.717) is 0 Å². The van der Waals surface area contributed by atoms with Gasteiger partial charge in [0.1, 0.15) is 0 Å². The minimum absolute atomic E-state index is 1.10. The predicted molar refractivity (Wildman–Crippen MR) is 87.8 cm³/mol. The largest absolute Gasteiger partial charge is 0.0905 e. The van der Waals surface area contributed by atoms with Crippen molar-refractivity contribution in [3.63, 3.8) is 0 Å². The molecule has 0 bridgehead atoms. The van der Waals surface area contributed by atoms with Crippen LogP contribution in [0, 0.1) is 6.92 Å². The molecule has 0 aliphatic carbocycles. The maximum absolute atomic E-state index is 4.25. The molecular weight excluding hydrogens is 228 g/mol. The van der Waals surface area contributed by atoms with Gasteiger partial charge < -0.3 is 0 Å². The van der Waals surface area contributed by atoms with Gasteiger partial charge in [0.05, 0.1) is 0 Å². The number of aryl methyl sites for hydroxylation is 1. The Morgan fingerprint density at radius 1 is 0.684 bits per heavy atom. The van der Waals surface area contributed by atoms with Crippen LogP contribution in [0.15, 0.2) is 42.5 Å². The Kier molecular flexibility index (Phi) is 3.71. The van der Waals surface area contributed by atoms with Crippen molar-refractivity contribution in [2.45, 2.75) is 20.8 Å². The number of hydrogen-bond acceptors (Lipinski definition) is 0. The Morgan fingerprint density at radius 2 is 1.21 bits per heavy atom. The minimum Gasteiger partial charge on any atom is -0.0905 e. The molecule has 0 aliphatic heterocycles. The summed E-state index contributed by atoms with van der Waals surface area (Å²) >= 11 is 0. The van der Waals surface area contributed by atoms with E-state index in [2.05, 4.69) is 62.5 Å². The van der Waals surface area contributed by atoms with Crippen molar-refractivity contribution in [3.05, 3.63) is 58.5 Å². The first-order chi connectivity index (χ1) is 9.20. The van der Waals surface area contributed by atoms with Crippen molar-refractivity contribution in [3.8, 4) is 0 Å². The van der Waals surface area contributed by atoms with Crippen molar-refractivity contribution in [1.82, 2.24) is 0 Å². The van der Waals surface area contributed by atoms with Gasteiger partial charge in [0.25, 0.3) is 0 Å². The van der Waals surface area contributed by atoms with Gasteiger partial charge in [-0.15, -0.1) is 0 Å². The van der Waals surface area contributed by atoms with E-state index >= 15 is 0 Å². The van der Waals surface area contributed by atoms with Gasteiger partial charge in [-0.1, -0.05) is 69.5 Å². The van der Waals surface area contributed by atoms with E-state index < -0.39 is 0 Å². The quantitative estimate of drug-likeness (QED) is 0.524. The highest BCUT2D eigenvalue weighted by Gasteiger charge is 2.04. The van der Waals surface area contributed by atoms with Crippen LogP contribution in [0.5, 0.6) is 0 Å². The topological polar surface area (TPSA) is 0 Å². The molecule has 0 nitrogen and oxygen atoms in total. The average molecular weight is 248 g/mol. The molecule has 0 atom stereocenters. The maximum atomic E-state index is 4.25. The van der Waals surface area contributed by atoms with Crippen molar-refractivity contribution in [2.75, 3.05) is 0 Å². The highest BCUT2D eigenvalue weighted by Crippen LogP contribution is 2.15. The third-order valence-corrected chi connectivity index (χ3v) is 3.48. The van der Waals surface area contributed by atoms with Crippen molar-refractivity contribution in [2.24, 2.45) is 0 Å². The van der Waals surface area contributed by atoms with E-state index in [1.54, 1.807) is 0 Å². The molecule has 0 unspecified atom stereocenters. The number of benzene rings is 3. The van der Waals surface area contributed by atoms with Gasteiger partial charge >= 0.3 is 0 Å². The molecule has 0 fully saturated rings. The molecule has 0 spiro atoms. The van der Waals surface area contributed by atoms with Crippen LogP contribution >= 0.6 is 0 Å². The van der Waals surface area contributed by atoms with Crippen molar-refractivity contribution in [1.29, 1.82) is 0 Å². The van der Waals surface area contributed by atoms with Crippen LogP contribution in [0.3, 0.4) is 0 Å². The first kappa shape index (κ1) is 13.4. The highest BCUT2D eigenvalue weighted by atomic mass is 14.1. The molecule has 0 aliphatic rings. The first-order valence-electron chi connectivity index (χ1n) is 6.78. The molecule has 0 N–H and O–H groups in total. The lowest BCUT2D eigenvalue weighted by atomic mass is 9.96. The summed E-state index contributed by atoms with van der Waals surface area (Å²) in [6.45, 7) is 14.6. The zero-order valence-electron chi connectivity index (χ0n) is 12.0. The zero-order chi connectivity index (χ0) is 14.0. The molecule has 0 aromatic heterocycles. The summed E-state index contributed by atoms with van der Waals surface area (Å²) in [4.78, 5) is 0. The van der Waals surface area contributed by atoms with Crippen LogP contribution in [0.1, 0.15) is 19.4 Å². The minimum atomic E-state index is 1.10. The fourth-order valence-electron chi connectivity index (χ4n) is 2.61. The van der Waals surface area contributed by atoms with Crippen LogP contribution in [-0.4, -0.2) is 0 Å². The van der Waals surface area contributed by atoms with Crippen LogP contribution in [0.2, 0.25) is 0 Å². The molecule has 96 valence electrons. The molecule has 3 rings (SSSR count). The normalized spacial score (nSPS) is 10.3. The molecule has 0 heterocycles. The van der Waals surface area contributed by atoms with E-state index in [9.17, 15) is 0 Å². The van der Waals surface area contributed by atoms with E-state index in [1.165, 1.54) is 27.1 Å². The maximum Gasteiger partial charge on any atom is -0.00758 e. The molecular formula is C19H20. The van der Waals surface area contributed by atoms with Crippen molar-refractivity contribution < 1.29 is 0 Å². The van der Waals surface area contributed by atoms with E-state index in [4.69, 9.17) is 0 Å². The third kappa shape index (κ3) is 2.04. The van der Waals surface area contributed by atoms with Gasteiger partial charge in [-0.2, -0.15) is 0 Å². The Bertz CT molecular complexity index is 826. The van der Waals surface area contributed by atoms with Crippen LogP contribution in [0.4, 0.5) is 0 Å². The summed E-state index contributed by atoms with van der Waals surface area (Å²) in [6.07, 6.45) is 0.